The number of allylic oxidation sites excluding steroid dienone is 1. The first-order chi connectivity index (χ1) is 10.3. The van der Waals surface area contributed by atoms with Crippen molar-refractivity contribution in [1.29, 1.82) is 0 Å². The molecule has 116 valence electrons. The molecule has 3 heteroatoms. The lowest BCUT2D eigenvalue weighted by Crippen LogP contribution is -2.30. The molecular weight excluding hydrogens is 276 g/mol. The normalized spacial score (nSPS) is 29.7. The maximum absolute atomic E-state index is 12.6. The van der Waals surface area contributed by atoms with Crippen LogP contribution in [-0.2, 0) is 9.59 Å². The number of ether oxygens (including phenoxy) is 1. The van der Waals surface area contributed by atoms with E-state index in [0.29, 0.717) is 0 Å². The summed E-state index contributed by atoms with van der Waals surface area (Å²) in [6.45, 7) is 7.95. The van der Waals surface area contributed by atoms with Crippen LogP contribution in [0.1, 0.15) is 43.4 Å². The first kappa shape index (κ1) is 15.0. The molecule has 1 fully saturated rings. The highest BCUT2D eigenvalue weighted by Crippen LogP contribution is 2.56. The molecule has 2 aliphatic rings. The summed E-state index contributed by atoms with van der Waals surface area (Å²) in [5, 5.41) is 0. The van der Waals surface area contributed by atoms with Gasteiger partial charge in [-0.3, -0.25) is 9.59 Å². The number of hydrogen-bond donors (Lipinski definition) is 0. The summed E-state index contributed by atoms with van der Waals surface area (Å²) < 4.78 is 5.50. The molecule has 1 saturated carbocycles. The number of ketones is 2. The largest absolute Gasteiger partial charge is 0.496 e. The molecule has 0 N–H and O–H groups in total. The number of aryl methyl sites for hydroxylation is 1. The molecule has 0 radical (unpaired) electrons. The van der Waals surface area contributed by atoms with Crippen LogP contribution in [0.4, 0.5) is 0 Å². The molecule has 2 aliphatic carbocycles. The van der Waals surface area contributed by atoms with Crippen LogP contribution >= 0.6 is 0 Å². The maximum Gasteiger partial charge on any atom is 0.208 e. The quantitative estimate of drug-likeness (QED) is 0.784. The van der Waals surface area contributed by atoms with Gasteiger partial charge in [-0.1, -0.05) is 32.1 Å². The Morgan fingerprint density at radius 1 is 1.23 bits per heavy atom. The highest BCUT2D eigenvalue weighted by atomic mass is 16.5. The Bertz CT molecular complexity index is 699. The lowest BCUT2D eigenvalue weighted by molar-refractivity contribution is -0.138. The molecule has 0 spiro atoms. The SMILES string of the molecule is COc1cc(C)cc2c1C=C[C@]1(C)C(=O)C(=O)[C@@H](C(C)C)[C@H]21. The molecule has 0 amide bonds. The summed E-state index contributed by atoms with van der Waals surface area (Å²) in [4.78, 5) is 25.1. The molecule has 0 aliphatic heterocycles. The van der Waals surface area contributed by atoms with Gasteiger partial charge in [0.25, 0.3) is 0 Å². The van der Waals surface area contributed by atoms with Crippen molar-refractivity contribution in [2.24, 2.45) is 17.3 Å². The summed E-state index contributed by atoms with van der Waals surface area (Å²) >= 11 is 0. The zero-order valence-electron chi connectivity index (χ0n) is 13.8. The average molecular weight is 298 g/mol. The lowest BCUT2D eigenvalue weighted by Gasteiger charge is -2.35. The van der Waals surface area contributed by atoms with Crippen molar-refractivity contribution in [1.82, 2.24) is 0 Å². The predicted octanol–water partition coefficient (Wildman–Crippen LogP) is 3.54. The van der Waals surface area contributed by atoms with E-state index in [1.807, 2.05) is 45.9 Å². The average Bonchev–Trinajstić information content (AvgIpc) is 2.67. The fourth-order valence-electron chi connectivity index (χ4n) is 4.12. The molecule has 0 aromatic heterocycles. The Labute approximate surface area is 131 Å². The molecule has 0 heterocycles. The monoisotopic (exact) mass is 298 g/mol. The maximum atomic E-state index is 12.6. The first-order valence-electron chi connectivity index (χ1n) is 7.77. The molecule has 0 unspecified atom stereocenters. The Kier molecular flexibility index (Phi) is 3.28. The molecular formula is C19H22O3. The summed E-state index contributed by atoms with van der Waals surface area (Å²) in [7, 11) is 1.65. The van der Waals surface area contributed by atoms with Gasteiger partial charge in [-0.05, 0) is 37.0 Å². The number of Topliss-reactive ketones (excluding diaryl/α,β-unsaturated/α-hetero) is 2. The van der Waals surface area contributed by atoms with Crippen molar-refractivity contribution in [3.05, 3.63) is 34.9 Å². The van der Waals surface area contributed by atoms with E-state index < -0.39 is 5.41 Å². The van der Waals surface area contributed by atoms with Gasteiger partial charge in [-0.25, -0.2) is 0 Å². The minimum absolute atomic E-state index is 0.0960. The van der Waals surface area contributed by atoms with E-state index in [-0.39, 0.29) is 29.3 Å². The Hall–Kier alpha value is -1.90. The van der Waals surface area contributed by atoms with Gasteiger partial charge in [-0.2, -0.15) is 0 Å². The van der Waals surface area contributed by atoms with E-state index in [1.165, 1.54) is 0 Å². The minimum Gasteiger partial charge on any atom is -0.496 e. The van der Waals surface area contributed by atoms with Crippen LogP contribution in [0.25, 0.3) is 6.08 Å². The second kappa shape index (κ2) is 4.80. The van der Waals surface area contributed by atoms with Crippen LogP contribution in [0.15, 0.2) is 18.2 Å². The van der Waals surface area contributed by atoms with Crippen LogP contribution in [-0.4, -0.2) is 18.7 Å². The number of carbonyl (C=O) groups excluding carboxylic acids is 2. The number of rotatable bonds is 2. The van der Waals surface area contributed by atoms with Crippen molar-refractivity contribution in [3.63, 3.8) is 0 Å². The van der Waals surface area contributed by atoms with Gasteiger partial charge in [0.15, 0.2) is 0 Å². The van der Waals surface area contributed by atoms with Crippen molar-refractivity contribution in [3.8, 4) is 5.75 Å². The highest BCUT2D eigenvalue weighted by molar-refractivity contribution is 6.43. The van der Waals surface area contributed by atoms with Crippen LogP contribution in [0.3, 0.4) is 0 Å². The molecule has 1 aromatic rings. The van der Waals surface area contributed by atoms with Crippen molar-refractivity contribution >= 4 is 17.6 Å². The fourth-order valence-corrected chi connectivity index (χ4v) is 4.12. The van der Waals surface area contributed by atoms with E-state index in [9.17, 15) is 9.59 Å². The number of fused-ring (bicyclic) bond motifs is 3. The zero-order valence-corrected chi connectivity index (χ0v) is 13.8. The smallest absolute Gasteiger partial charge is 0.208 e. The highest BCUT2D eigenvalue weighted by Gasteiger charge is 2.58. The van der Waals surface area contributed by atoms with E-state index in [2.05, 4.69) is 6.07 Å². The Balaban J connectivity index is 2.29. The topological polar surface area (TPSA) is 43.4 Å². The van der Waals surface area contributed by atoms with Crippen LogP contribution in [0, 0.1) is 24.2 Å². The van der Waals surface area contributed by atoms with Gasteiger partial charge >= 0.3 is 0 Å². The van der Waals surface area contributed by atoms with Gasteiger partial charge < -0.3 is 4.74 Å². The molecule has 3 rings (SSSR count). The molecule has 1 aromatic carbocycles. The van der Waals surface area contributed by atoms with Gasteiger partial charge in [-0.15, -0.1) is 0 Å². The van der Waals surface area contributed by atoms with Crippen LogP contribution in [0.5, 0.6) is 5.75 Å². The van der Waals surface area contributed by atoms with Crippen molar-refractivity contribution in [2.75, 3.05) is 7.11 Å². The zero-order chi connectivity index (χ0) is 16.2. The van der Waals surface area contributed by atoms with E-state index in [4.69, 9.17) is 4.74 Å². The van der Waals surface area contributed by atoms with E-state index in [0.717, 1.165) is 22.4 Å². The molecule has 0 bridgehead atoms. The molecule has 3 atom stereocenters. The molecule has 22 heavy (non-hydrogen) atoms. The molecule has 3 nitrogen and oxygen atoms in total. The van der Waals surface area contributed by atoms with Crippen LogP contribution in [0.2, 0.25) is 0 Å². The van der Waals surface area contributed by atoms with Crippen LogP contribution < -0.4 is 4.74 Å². The third kappa shape index (κ3) is 1.81. The number of carbonyl (C=O) groups is 2. The van der Waals surface area contributed by atoms with Crippen molar-refractivity contribution < 1.29 is 14.3 Å². The van der Waals surface area contributed by atoms with Gasteiger partial charge in [0.1, 0.15) is 5.75 Å². The Morgan fingerprint density at radius 3 is 2.50 bits per heavy atom. The molecule has 0 saturated heterocycles. The second-order valence-corrected chi connectivity index (χ2v) is 7.03. The third-order valence-electron chi connectivity index (χ3n) is 5.21. The summed E-state index contributed by atoms with van der Waals surface area (Å²) in [6.07, 6.45) is 3.85. The second-order valence-electron chi connectivity index (χ2n) is 7.03. The van der Waals surface area contributed by atoms with Gasteiger partial charge in [0, 0.05) is 17.4 Å². The van der Waals surface area contributed by atoms with E-state index >= 15 is 0 Å². The summed E-state index contributed by atoms with van der Waals surface area (Å²) in [5.74, 6) is 0.116. The third-order valence-corrected chi connectivity index (χ3v) is 5.21. The number of hydrogen-bond acceptors (Lipinski definition) is 3. The van der Waals surface area contributed by atoms with Crippen molar-refractivity contribution in [2.45, 2.75) is 33.6 Å². The Morgan fingerprint density at radius 2 is 1.91 bits per heavy atom. The lowest BCUT2D eigenvalue weighted by atomic mass is 9.66. The van der Waals surface area contributed by atoms with E-state index in [1.54, 1.807) is 7.11 Å². The van der Waals surface area contributed by atoms with Gasteiger partial charge in [0.2, 0.25) is 11.6 Å². The number of methoxy groups -OCH3 is 1. The predicted molar refractivity (Wildman–Crippen MR) is 86.0 cm³/mol. The minimum atomic E-state index is -0.724. The standard InChI is InChI=1S/C19H22O3/c1-10(2)15-16-13-8-11(3)9-14(22-5)12(13)6-7-19(16,4)18(21)17(15)20/h6-10,15-16H,1-5H3/t15-,16-,19-/m0/s1. The number of benzene rings is 1. The summed E-state index contributed by atoms with van der Waals surface area (Å²) in [5.41, 5.74) is 2.43. The van der Waals surface area contributed by atoms with Gasteiger partial charge in [0.05, 0.1) is 12.5 Å². The summed E-state index contributed by atoms with van der Waals surface area (Å²) in [6, 6.07) is 4.10. The fraction of sp³-hybridized carbons (Fsp3) is 0.474. The first-order valence-corrected chi connectivity index (χ1v) is 7.77.